The minimum atomic E-state index is -0.0731. The molecule has 3 nitrogen and oxygen atoms in total. The summed E-state index contributed by atoms with van der Waals surface area (Å²) >= 11 is 0. The first-order chi connectivity index (χ1) is 9.61. The molecule has 3 heteroatoms. The lowest BCUT2D eigenvalue weighted by atomic mass is 10.0. The summed E-state index contributed by atoms with van der Waals surface area (Å²) in [5, 5.41) is 3.02. The van der Waals surface area contributed by atoms with E-state index in [0.717, 1.165) is 11.1 Å². The first-order valence-corrected chi connectivity index (χ1v) is 6.77. The molecule has 1 atom stereocenters. The van der Waals surface area contributed by atoms with Crippen LogP contribution in [0.3, 0.4) is 0 Å². The van der Waals surface area contributed by atoms with Gasteiger partial charge in [0.2, 0.25) is 0 Å². The van der Waals surface area contributed by atoms with Gasteiger partial charge in [0.15, 0.2) is 0 Å². The number of amides is 1. The van der Waals surface area contributed by atoms with Crippen LogP contribution >= 0.6 is 0 Å². The quantitative estimate of drug-likeness (QED) is 0.895. The van der Waals surface area contributed by atoms with Crippen LogP contribution in [0.5, 0.6) is 0 Å². The summed E-state index contributed by atoms with van der Waals surface area (Å²) in [5.74, 6) is -0.0731. The maximum Gasteiger partial charge on any atom is 0.251 e. The number of nitrogens with one attached hydrogen (secondary N) is 1. The Morgan fingerprint density at radius 2 is 1.95 bits per heavy atom. The molecular formula is C17H20N2O. The van der Waals surface area contributed by atoms with Crippen molar-refractivity contribution in [2.45, 2.75) is 26.4 Å². The zero-order valence-corrected chi connectivity index (χ0v) is 11.9. The Balaban J connectivity index is 2.13. The molecule has 0 saturated carbocycles. The highest BCUT2D eigenvalue weighted by Gasteiger charge is 2.12. The van der Waals surface area contributed by atoms with E-state index in [1.807, 2.05) is 56.3 Å². The molecule has 1 amide bonds. The van der Waals surface area contributed by atoms with E-state index < -0.39 is 0 Å². The molecular weight excluding hydrogens is 248 g/mol. The fraction of sp³-hybridized carbons (Fsp3) is 0.235. The molecule has 0 fully saturated rings. The van der Waals surface area contributed by atoms with Gasteiger partial charge in [0.05, 0.1) is 6.04 Å². The van der Waals surface area contributed by atoms with E-state index in [2.05, 4.69) is 5.32 Å². The number of nitrogens with two attached hydrogens (primary N) is 1. The molecule has 104 valence electrons. The number of benzene rings is 2. The number of hydrogen-bond donors (Lipinski definition) is 2. The van der Waals surface area contributed by atoms with Gasteiger partial charge >= 0.3 is 0 Å². The maximum atomic E-state index is 12.3. The Morgan fingerprint density at radius 1 is 1.20 bits per heavy atom. The normalized spacial score (nSPS) is 11.9. The molecule has 0 aliphatic carbocycles. The Kier molecular flexibility index (Phi) is 4.53. The molecule has 0 aliphatic heterocycles. The van der Waals surface area contributed by atoms with Gasteiger partial charge in [-0.3, -0.25) is 4.79 Å². The Morgan fingerprint density at radius 3 is 2.65 bits per heavy atom. The summed E-state index contributed by atoms with van der Waals surface area (Å²) in [6.45, 7) is 4.48. The maximum absolute atomic E-state index is 12.3. The Bertz CT molecular complexity index is 607. The van der Waals surface area contributed by atoms with Crippen LogP contribution in [0, 0.1) is 6.92 Å². The zero-order chi connectivity index (χ0) is 14.5. The molecule has 0 bridgehead atoms. The SMILES string of the molecule is Cc1ccccc1C(C)NC(=O)c1cccc(CN)c1. The lowest BCUT2D eigenvalue weighted by Crippen LogP contribution is -2.27. The van der Waals surface area contributed by atoms with Gasteiger partial charge in [-0.2, -0.15) is 0 Å². The van der Waals surface area contributed by atoms with Gasteiger partial charge in [-0.05, 0) is 42.7 Å². The highest BCUT2D eigenvalue weighted by atomic mass is 16.1. The van der Waals surface area contributed by atoms with E-state index in [1.165, 1.54) is 5.56 Å². The highest BCUT2D eigenvalue weighted by Crippen LogP contribution is 2.17. The van der Waals surface area contributed by atoms with E-state index in [4.69, 9.17) is 5.73 Å². The third-order valence-electron chi connectivity index (χ3n) is 3.43. The molecule has 0 spiro atoms. The standard InChI is InChI=1S/C17H20N2O/c1-12-6-3-4-9-16(12)13(2)19-17(20)15-8-5-7-14(10-15)11-18/h3-10,13H,11,18H2,1-2H3,(H,19,20). The predicted octanol–water partition coefficient (Wildman–Crippen LogP) is 2.94. The summed E-state index contributed by atoms with van der Waals surface area (Å²) in [5.41, 5.74) is 9.52. The van der Waals surface area contributed by atoms with Gasteiger partial charge in [-0.25, -0.2) is 0 Å². The van der Waals surface area contributed by atoms with Crippen LogP contribution in [0.2, 0.25) is 0 Å². The monoisotopic (exact) mass is 268 g/mol. The first-order valence-electron chi connectivity index (χ1n) is 6.77. The van der Waals surface area contributed by atoms with Crippen molar-refractivity contribution in [1.82, 2.24) is 5.32 Å². The lowest BCUT2D eigenvalue weighted by Gasteiger charge is -2.16. The molecule has 0 aliphatic rings. The van der Waals surface area contributed by atoms with Crippen LogP contribution < -0.4 is 11.1 Å². The minimum absolute atomic E-state index is 0.0229. The van der Waals surface area contributed by atoms with Crippen molar-refractivity contribution in [3.8, 4) is 0 Å². The molecule has 1 unspecified atom stereocenters. The summed E-state index contributed by atoms with van der Waals surface area (Å²) in [6, 6.07) is 15.5. The van der Waals surface area contributed by atoms with Gasteiger partial charge in [0.25, 0.3) is 5.91 Å². The van der Waals surface area contributed by atoms with Crippen molar-refractivity contribution in [2.75, 3.05) is 0 Å². The molecule has 20 heavy (non-hydrogen) atoms. The fourth-order valence-electron chi connectivity index (χ4n) is 2.27. The molecule has 0 radical (unpaired) electrons. The molecule has 2 rings (SSSR count). The van der Waals surface area contributed by atoms with Gasteiger partial charge in [-0.15, -0.1) is 0 Å². The second-order valence-corrected chi connectivity index (χ2v) is 4.96. The molecule has 3 N–H and O–H groups in total. The van der Waals surface area contributed by atoms with E-state index in [-0.39, 0.29) is 11.9 Å². The van der Waals surface area contributed by atoms with Crippen molar-refractivity contribution in [1.29, 1.82) is 0 Å². The topological polar surface area (TPSA) is 55.1 Å². The fourth-order valence-corrected chi connectivity index (χ4v) is 2.27. The van der Waals surface area contributed by atoms with Crippen LogP contribution in [0.25, 0.3) is 0 Å². The largest absolute Gasteiger partial charge is 0.346 e. The average Bonchev–Trinajstić information content (AvgIpc) is 2.47. The zero-order valence-electron chi connectivity index (χ0n) is 11.9. The number of rotatable bonds is 4. The smallest absolute Gasteiger partial charge is 0.251 e. The Hall–Kier alpha value is -2.13. The summed E-state index contributed by atoms with van der Waals surface area (Å²) < 4.78 is 0. The third kappa shape index (κ3) is 3.25. The molecule has 2 aromatic rings. The van der Waals surface area contributed by atoms with Crippen molar-refractivity contribution in [3.63, 3.8) is 0 Å². The van der Waals surface area contributed by atoms with Crippen molar-refractivity contribution in [3.05, 3.63) is 70.8 Å². The summed E-state index contributed by atoms with van der Waals surface area (Å²) in [7, 11) is 0. The van der Waals surface area contributed by atoms with Crippen LogP contribution in [0.1, 0.15) is 40.0 Å². The average molecular weight is 268 g/mol. The third-order valence-corrected chi connectivity index (χ3v) is 3.43. The van der Waals surface area contributed by atoms with Crippen LogP contribution in [-0.2, 0) is 6.54 Å². The van der Waals surface area contributed by atoms with Gasteiger partial charge in [0, 0.05) is 12.1 Å². The van der Waals surface area contributed by atoms with Crippen LogP contribution in [0.15, 0.2) is 48.5 Å². The van der Waals surface area contributed by atoms with E-state index in [9.17, 15) is 4.79 Å². The number of hydrogen-bond acceptors (Lipinski definition) is 2. The summed E-state index contributed by atoms with van der Waals surface area (Å²) in [6.07, 6.45) is 0. The number of carbonyl (C=O) groups excluding carboxylic acids is 1. The van der Waals surface area contributed by atoms with E-state index in [1.54, 1.807) is 6.07 Å². The molecule has 2 aromatic carbocycles. The van der Waals surface area contributed by atoms with Crippen LogP contribution in [0.4, 0.5) is 0 Å². The van der Waals surface area contributed by atoms with E-state index >= 15 is 0 Å². The molecule has 0 heterocycles. The van der Waals surface area contributed by atoms with Gasteiger partial charge in [0.1, 0.15) is 0 Å². The number of carbonyl (C=O) groups is 1. The first kappa shape index (κ1) is 14.3. The van der Waals surface area contributed by atoms with Crippen molar-refractivity contribution in [2.24, 2.45) is 5.73 Å². The predicted molar refractivity (Wildman–Crippen MR) is 81.4 cm³/mol. The molecule has 0 saturated heterocycles. The van der Waals surface area contributed by atoms with Gasteiger partial charge < -0.3 is 11.1 Å². The lowest BCUT2D eigenvalue weighted by molar-refractivity contribution is 0.0939. The van der Waals surface area contributed by atoms with Crippen LogP contribution in [-0.4, -0.2) is 5.91 Å². The minimum Gasteiger partial charge on any atom is -0.346 e. The highest BCUT2D eigenvalue weighted by molar-refractivity contribution is 5.94. The van der Waals surface area contributed by atoms with Crippen molar-refractivity contribution >= 4 is 5.91 Å². The van der Waals surface area contributed by atoms with Gasteiger partial charge in [-0.1, -0.05) is 36.4 Å². The van der Waals surface area contributed by atoms with Crippen molar-refractivity contribution < 1.29 is 4.79 Å². The number of aryl methyl sites for hydroxylation is 1. The Labute approximate surface area is 119 Å². The summed E-state index contributed by atoms with van der Waals surface area (Å²) in [4.78, 5) is 12.3. The second kappa shape index (κ2) is 6.35. The second-order valence-electron chi connectivity index (χ2n) is 4.96. The molecule has 0 aromatic heterocycles. The van der Waals surface area contributed by atoms with E-state index in [0.29, 0.717) is 12.1 Å².